The Balaban J connectivity index is 1.32. The molecule has 1 aromatic carbocycles. The van der Waals surface area contributed by atoms with Crippen LogP contribution in [0.25, 0.3) is 17.0 Å². The summed E-state index contributed by atoms with van der Waals surface area (Å²) in [6.45, 7) is 0.526. The molecule has 0 spiro atoms. The number of hydrogen-bond acceptors (Lipinski definition) is 8. The standard InChI is InChI=1S/C22H22N6O3S/c1-30-17-6-5-15(12-18(17)31-2)9-11-24-20(29)14-32-21-8-7-19-25-26-22(28(19)27-21)16-4-3-10-23-13-16/h3-8,10,12-13H,9,11,14H2,1-2H3,(H,24,29). The van der Waals surface area contributed by atoms with Crippen LogP contribution in [0.5, 0.6) is 11.5 Å². The molecule has 0 saturated heterocycles. The van der Waals surface area contributed by atoms with Crippen molar-refractivity contribution in [3.8, 4) is 22.9 Å². The molecule has 0 aliphatic heterocycles. The average Bonchev–Trinajstić information content (AvgIpc) is 3.26. The van der Waals surface area contributed by atoms with Gasteiger partial charge in [0.05, 0.1) is 20.0 Å². The Bertz CT molecular complexity index is 1220. The number of thioether (sulfide) groups is 1. The normalized spacial score (nSPS) is 10.8. The van der Waals surface area contributed by atoms with Crippen LogP contribution in [-0.4, -0.2) is 57.2 Å². The molecule has 1 amide bonds. The van der Waals surface area contributed by atoms with Gasteiger partial charge in [-0.3, -0.25) is 9.78 Å². The fourth-order valence-corrected chi connectivity index (χ4v) is 3.78. The van der Waals surface area contributed by atoms with Crippen molar-refractivity contribution in [2.24, 2.45) is 0 Å². The topological polar surface area (TPSA) is 104 Å². The Hall–Kier alpha value is -3.66. The maximum atomic E-state index is 12.3. The monoisotopic (exact) mass is 450 g/mol. The van der Waals surface area contributed by atoms with E-state index in [-0.39, 0.29) is 11.7 Å². The van der Waals surface area contributed by atoms with Crippen molar-refractivity contribution in [2.45, 2.75) is 11.4 Å². The van der Waals surface area contributed by atoms with Gasteiger partial charge in [-0.05, 0) is 48.4 Å². The molecule has 0 aliphatic carbocycles. The predicted molar refractivity (Wildman–Crippen MR) is 121 cm³/mol. The highest BCUT2D eigenvalue weighted by atomic mass is 32.2. The van der Waals surface area contributed by atoms with E-state index in [1.54, 1.807) is 31.1 Å². The van der Waals surface area contributed by atoms with E-state index < -0.39 is 0 Å². The third-order valence-corrected chi connectivity index (χ3v) is 5.61. The van der Waals surface area contributed by atoms with Gasteiger partial charge < -0.3 is 14.8 Å². The molecule has 3 heterocycles. The van der Waals surface area contributed by atoms with Gasteiger partial charge in [0, 0.05) is 24.5 Å². The number of fused-ring (bicyclic) bond motifs is 1. The number of pyridine rings is 1. The molecule has 32 heavy (non-hydrogen) atoms. The van der Waals surface area contributed by atoms with Gasteiger partial charge in [-0.15, -0.1) is 10.2 Å². The minimum absolute atomic E-state index is 0.0615. The summed E-state index contributed by atoms with van der Waals surface area (Å²) >= 11 is 1.36. The Morgan fingerprint density at radius 2 is 1.97 bits per heavy atom. The zero-order chi connectivity index (χ0) is 22.3. The van der Waals surface area contributed by atoms with Gasteiger partial charge in [-0.25, -0.2) is 0 Å². The zero-order valence-electron chi connectivity index (χ0n) is 17.7. The van der Waals surface area contributed by atoms with Crippen LogP contribution in [-0.2, 0) is 11.2 Å². The van der Waals surface area contributed by atoms with Gasteiger partial charge in [0.1, 0.15) is 5.03 Å². The predicted octanol–water partition coefficient (Wildman–Crippen LogP) is 2.65. The van der Waals surface area contributed by atoms with Crippen molar-refractivity contribution in [3.05, 3.63) is 60.4 Å². The van der Waals surface area contributed by atoms with Gasteiger partial charge in [-0.2, -0.15) is 9.61 Å². The number of hydrogen-bond donors (Lipinski definition) is 1. The van der Waals surface area contributed by atoms with Crippen LogP contribution in [0.1, 0.15) is 5.56 Å². The molecule has 3 aromatic heterocycles. The molecule has 9 nitrogen and oxygen atoms in total. The minimum atomic E-state index is -0.0615. The van der Waals surface area contributed by atoms with E-state index in [0.29, 0.717) is 41.0 Å². The number of rotatable bonds is 9. The second-order valence-electron chi connectivity index (χ2n) is 6.78. The van der Waals surface area contributed by atoms with Gasteiger partial charge in [0.15, 0.2) is 23.0 Å². The first-order valence-electron chi connectivity index (χ1n) is 9.91. The highest BCUT2D eigenvalue weighted by molar-refractivity contribution is 7.99. The Kier molecular flexibility index (Phi) is 6.81. The van der Waals surface area contributed by atoms with Crippen LogP contribution in [0.15, 0.2) is 59.9 Å². The maximum absolute atomic E-state index is 12.3. The van der Waals surface area contributed by atoms with E-state index >= 15 is 0 Å². The number of amides is 1. The highest BCUT2D eigenvalue weighted by Gasteiger charge is 2.11. The van der Waals surface area contributed by atoms with Crippen LogP contribution in [0.3, 0.4) is 0 Å². The molecule has 4 rings (SSSR count). The number of benzene rings is 1. The molecular formula is C22H22N6O3S. The fourth-order valence-electron chi connectivity index (χ4n) is 3.10. The Labute approximate surface area is 189 Å². The largest absolute Gasteiger partial charge is 0.493 e. The van der Waals surface area contributed by atoms with Gasteiger partial charge in [0.25, 0.3) is 0 Å². The van der Waals surface area contributed by atoms with Crippen molar-refractivity contribution < 1.29 is 14.3 Å². The second kappa shape index (κ2) is 10.1. The molecule has 0 saturated carbocycles. The van der Waals surface area contributed by atoms with E-state index in [9.17, 15) is 4.79 Å². The molecule has 0 radical (unpaired) electrons. The van der Waals surface area contributed by atoms with Crippen molar-refractivity contribution in [1.82, 2.24) is 30.1 Å². The molecular weight excluding hydrogens is 428 g/mol. The van der Waals surface area contributed by atoms with E-state index in [1.807, 2.05) is 42.5 Å². The molecule has 0 atom stereocenters. The van der Waals surface area contributed by atoms with Crippen LogP contribution >= 0.6 is 11.8 Å². The van der Waals surface area contributed by atoms with Crippen molar-refractivity contribution in [1.29, 1.82) is 0 Å². The lowest BCUT2D eigenvalue weighted by Crippen LogP contribution is -2.27. The molecule has 4 aromatic rings. The molecule has 0 fully saturated rings. The summed E-state index contributed by atoms with van der Waals surface area (Å²) in [6, 6.07) is 13.1. The lowest BCUT2D eigenvalue weighted by atomic mass is 10.1. The fraction of sp³-hybridized carbons (Fsp3) is 0.227. The summed E-state index contributed by atoms with van der Waals surface area (Å²) in [6.07, 6.45) is 4.10. The smallest absolute Gasteiger partial charge is 0.230 e. The van der Waals surface area contributed by atoms with Gasteiger partial charge >= 0.3 is 0 Å². The summed E-state index contributed by atoms with van der Waals surface area (Å²) < 4.78 is 12.2. The van der Waals surface area contributed by atoms with Crippen LogP contribution in [0.2, 0.25) is 0 Å². The number of methoxy groups -OCH3 is 2. The molecule has 0 unspecified atom stereocenters. The third kappa shape index (κ3) is 4.97. The summed E-state index contributed by atoms with van der Waals surface area (Å²) in [5.74, 6) is 2.16. The summed E-state index contributed by atoms with van der Waals surface area (Å²) in [5, 5.41) is 16.6. The van der Waals surface area contributed by atoms with Gasteiger partial charge in [-0.1, -0.05) is 17.8 Å². The summed E-state index contributed by atoms with van der Waals surface area (Å²) in [5.41, 5.74) is 2.51. The average molecular weight is 451 g/mol. The van der Waals surface area contributed by atoms with Gasteiger partial charge in [0.2, 0.25) is 5.91 Å². The lowest BCUT2D eigenvalue weighted by Gasteiger charge is -2.10. The number of nitrogens with zero attached hydrogens (tertiary/aromatic N) is 5. The molecule has 0 aliphatic rings. The van der Waals surface area contributed by atoms with Crippen molar-refractivity contribution in [2.75, 3.05) is 26.5 Å². The minimum Gasteiger partial charge on any atom is -0.493 e. The summed E-state index contributed by atoms with van der Waals surface area (Å²) in [4.78, 5) is 16.4. The molecule has 164 valence electrons. The van der Waals surface area contributed by atoms with Crippen LogP contribution < -0.4 is 14.8 Å². The first-order chi connectivity index (χ1) is 15.7. The molecule has 1 N–H and O–H groups in total. The zero-order valence-corrected chi connectivity index (χ0v) is 18.5. The lowest BCUT2D eigenvalue weighted by molar-refractivity contribution is -0.118. The third-order valence-electron chi connectivity index (χ3n) is 4.69. The number of carbonyl (C=O) groups excluding carboxylic acids is 1. The number of carbonyl (C=O) groups is 1. The quantitative estimate of drug-likeness (QED) is 0.388. The van der Waals surface area contributed by atoms with Crippen LogP contribution in [0.4, 0.5) is 0 Å². The Morgan fingerprint density at radius 3 is 2.75 bits per heavy atom. The number of ether oxygens (including phenoxy) is 2. The van der Waals surface area contributed by atoms with Crippen LogP contribution in [0, 0.1) is 0 Å². The number of nitrogens with one attached hydrogen (secondary N) is 1. The van der Waals surface area contributed by atoms with Crippen molar-refractivity contribution >= 4 is 23.3 Å². The molecule has 10 heteroatoms. The van der Waals surface area contributed by atoms with Crippen molar-refractivity contribution in [3.63, 3.8) is 0 Å². The Morgan fingerprint density at radius 1 is 1.09 bits per heavy atom. The first kappa shape index (κ1) is 21.6. The van der Waals surface area contributed by atoms with E-state index in [1.165, 1.54) is 11.8 Å². The van der Waals surface area contributed by atoms with E-state index in [2.05, 4.69) is 25.6 Å². The second-order valence-corrected chi connectivity index (χ2v) is 7.78. The van der Waals surface area contributed by atoms with E-state index in [0.717, 1.165) is 11.1 Å². The number of aromatic nitrogens is 5. The maximum Gasteiger partial charge on any atom is 0.230 e. The SMILES string of the molecule is COc1ccc(CCNC(=O)CSc2ccc3nnc(-c4cccnc4)n3n2)cc1OC. The first-order valence-corrected chi connectivity index (χ1v) is 10.9. The van der Waals surface area contributed by atoms with E-state index in [4.69, 9.17) is 9.47 Å². The highest BCUT2D eigenvalue weighted by Crippen LogP contribution is 2.27. The summed E-state index contributed by atoms with van der Waals surface area (Å²) in [7, 11) is 3.20. The molecule has 0 bridgehead atoms.